The van der Waals surface area contributed by atoms with Crippen molar-refractivity contribution in [1.82, 2.24) is 0 Å². The molecule has 0 saturated carbocycles. The number of hydrogen-bond donors (Lipinski definition) is 0. The van der Waals surface area contributed by atoms with E-state index in [2.05, 4.69) is 35.7 Å². The average Bonchev–Trinajstić information content (AvgIpc) is 2.38. The minimum absolute atomic E-state index is 1.03. The molecular weight excluding hydrogens is 312 g/mol. The topological polar surface area (TPSA) is 0 Å². The molecule has 0 amide bonds. The van der Waals surface area contributed by atoms with E-state index in [1.54, 1.807) is 0 Å². The van der Waals surface area contributed by atoms with Crippen LogP contribution in [0.5, 0.6) is 0 Å². The molecular formula is C17H37BrSi. The highest BCUT2D eigenvalue weighted by atomic mass is 79.9. The van der Waals surface area contributed by atoms with E-state index in [0.717, 1.165) is 0 Å². The van der Waals surface area contributed by atoms with Crippen molar-refractivity contribution in [3.05, 3.63) is 0 Å². The molecule has 0 fully saturated rings. The number of unbranched alkanes of at least 4 members (excludes halogenated alkanes) is 10. The Balaban J connectivity index is 3.36. The smallest absolute Gasteiger partial charge is 0.126 e. The van der Waals surface area contributed by atoms with Gasteiger partial charge in [-0.3, -0.25) is 0 Å². The Labute approximate surface area is 131 Å². The van der Waals surface area contributed by atoms with Crippen LogP contribution in [0.3, 0.4) is 0 Å². The summed E-state index contributed by atoms with van der Waals surface area (Å²) in [7, 11) is 0. The molecule has 0 radical (unpaired) electrons. The fourth-order valence-corrected chi connectivity index (χ4v) is 6.58. The molecule has 0 heterocycles. The number of hydrogen-bond acceptors (Lipinski definition) is 0. The summed E-state index contributed by atoms with van der Waals surface area (Å²) in [6, 6.07) is 2.99. The van der Waals surface area contributed by atoms with Gasteiger partial charge >= 0.3 is 0 Å². The van der Waals surface area contributed by atoms with Gasteiger partial charge in [0.15, 0.2) is 0 Å². The van der Waals surface area contributed by atoms with Gasteiger partial charge in [-0.1, -0.05) is 97.4 Å². The van der Waals surface area contributed by atoms with Crippen molar-refractivity contribution < 1.29 is 0 Å². The van der Waals surface area contributed by atoms with Crippen molar-refractivity contribution in [2.75, 3.05) is 0 Å². The molecule has 0 aromatic carbocycles. The van der Waals surface area contributed by atoms with Gasteiger partial charge in [0.2, 0.25) is 0 Å². The highest BCUT2D eigenvalue weighted by Crippen LogP contribution is 2.28. The van der Waals surface area contributed by atoms with Gasteiger partial charge in [0.05, 0.1) is 0 Å². The SMILES string of the molecule is CCCCCCCC[Si](C)(Br)CCCCCCCC. The molecule has 0 aliphatic carbocycles. The van der Waals surface area contributed by atoms with Gasteiger partial charge in [-0.15, -0.1) is 15.3 Å². The molecule has 116 valence electrons. The largest absolute Gasteiger partial charge is 0.127 e. The Hall–Kier alpha value is 0.697. The summed E-state index contributed by atoms with van der Waals surface area (Å²) in [5, 5.41) is 0. The molecule has 0 aliphatic heterocycles. The molecule has 0 aromatic heterocycles. The highest BCUT2D eigenvalue weighted by molar-refractivity contribution is 9.26. The van der Waals surface area contributed by atoms with E-state index in [-0.39, 0.29) is 0 Å². The van der Waals surface area contributed by atoms with Crippen molar-refractivity contribution >= 4 is 22.0 Å². The van der Waals surface area contributed by atoms with Crippen LogP contribution in [0, 0.1) is 0 Å². The maximum absolute atomic E-state index is 4.09. The van der Waals surface area contributed by atoms with E-state index in [4.69, 9.17) is 0 Å². The maximum Gasteiger partial charge on any atom is 0.127 e. The minimum Gasteiger partial charge on any atom is -0.126 e. The highest BCUT2D eigenvalue weighted by Gasteiger charge is 2.21. The van der Waals surface area contributed by atoms with Crippen LogP contribution in [0.4, 0.5) is 0 Å². The van der Waals surface area contributed by atoms with Crippen LogP contribution in [-0.4, -0.2) is 6.69 Å². The standard InChI is InChI=1S/C17H37BrSi/c1-4-6-8-10-12-14-16-19(3,18)17-15-13-11-9-7-5-2/h4-17H2,1-3H3. The second kappa shape index (κ2) is 13.7. The third-order valence-electron chi connectivity index (χ3n) is 4.10. The predicted molar refractivity (Wildman–Crippen MR) is 96.9 cm³/mol. The maximum atomic E-state index is 4.09. The van der Waals surface area contributed by atoms with Crippen molar-refractivity contribution in [3.8, 4) is 0 Å². The Bertz CT molecular complexity index is 162. The second-order valence-corrected chi connectivity index (χ2v) is 16.0. The van der Waals surface area contributed by atoms with Gasteiger partial charge in [-0.05, 0) is 12.1 Å². The molecule has 2 heteroatoms. The zero-order valence-corrected chi connectivity index (χ0v) is 16.4. The van der Waals surface area contributed by atoms with Gasteiger partial charge in [0.25, 0.3) is 0 Å². The zero-order valence-electron chi connectivity index (χ0n) is 13.8. The predicted octanol–water partition coefficient (Wildman–Crippen LogP) is 7.68. The van der Waals surface area contributed by atoms with Crippen LogP contribution in [0.2, 0.25) is 18.6 Å². The Kier molecular flexibility index (Phi) is 14.2. The molecule has 0 N–H and O–H groups in total. The lowest BCUT2D eigenvalue weighted by Crippen LogP contribution is -2.20. The van der Waals surface area contributed by atoms with Crippen molar-refractivity contribution in [1.29, 1.82) is 0 Å². The van der Waals surface area contributed by atoms with Crippen LogP contribution in [0.15, 0.2) is 0 Å². The molecule has 0 nitrogen and oxygen atoms in total. The fourth-order valence-electron chi connectivity index (χ4n) is 2.67. The number of rotatable bonds is 14. The summed E-state index contributed by atoms with van der Waals surface area (Å²) in [5.74, 6) is 0. The fraction of sp³-hybridized carbons (Fsp3) is 1.00. The minimum atomic E-state index is -1.03. The first-order valence-corrected chi connectivity index (χ1v) is 14.0. The Morgan fingerprint density at radius 1 is 0.579 bits per heavy atom. The van der Waals surface area contributed by atoms with Gasteiger partial charge in [-0.2, -0.15) is 0 Å². The zero-order chi connectivity index (χ0) is 14.4. The van der Waals surface area contributed by atoms with Crippen LogP contribution in [0.25, 0.3) is 0 Å². The van der Waals surface area contributed by atoms with Crippen molar-refractivity contribution in [3.63, 3.8) is 0 Å². The van der Waals surface area contributed by atoms with E-state index in [0.29, 0.717) is 0 Å². The van der Waals surface area contributed by atoms with Gasteiger partial charge in [0, 0.05) is 0 Å². The normalized spacial score (nSPS) is 12.0. The third-order valence-corrected chi connectivity index (χ3v) is 9.27. The second-order valence-electron chi connectivity index (χ2n) is 6.45. The average molecular weight is 349 g/mol. The summed E-state index contributed by atoms with van der Waals surface area (Å²) >= 11 is 4.09. The van der Waals surface area contributed by atoms with E-state index in [1.165, 1.54) is 89.1 Å². The Morgan fingerprint density at radius 2 is 0.895 bits per heavy atom. The number of halogens is 1. The third kappa shape index (κ3) is 14.9. The van der Waals surface area contributed by atoms with Crippen molar-refractivity contribution in [2.45, 2.75) is 110 Å². The van der Waals surface area contributed by atoms with E-state index >= 15 is 0 Å². The lowest BCUT2D eigenvalue weighted by molar-refractivity contribution is 0.616. The molecule has 19 heavy (non-hydrogen) atoms. The first-order chi connectivity index (χ1) is 9.12. The molecule has 0 aromatic rings. The van der Waals surface area contributed by atoms with Crippen LogP contribution in [0.1, 0.15) is 90.9 Å². The van der Waals surface area contributed by atoms with E-state index < -0.39 is 6.69 Å². The van der Waals surface area contributed by atoms with Gasteiger partial charge in [-0.25, -0.2) is 0 Å². The van der Waals surface area contributed by atoms with Gasteiger partial charge < -0.3 is 0 Å². The summed E-state index contributed by atoms with van der Waals surface area (Å²) in [5.41, 5.74) is 0. The van der Waals surface area contributed by atoms with Crippen LogP contribution < -0.4 is 0 Å². The molecule has 0 atom stereocenters. The van der Waals surface area contributed by atoms with Gasteiger partial charge in [0.1, 0.15) is 6.69 Å². The molecule has 0 rings (SSSR count). The monoisotopic (exact) mass is 348 g/mol. The quantitative estimate of drug-likeness (QED) is 0.171. The Morgan fingerprint density at radius 3 is 1.26 bits per heavy atom. The lowest BCUT2D eigenvalue weighted by atomic mass is 10.1. The van der Waals surface area contributed by atoms with E-state index in [9.17, 15) is 0 Å². The lowest BCUT2D eigenvalue weighted by Gasteiger charge is -2.19. The van der Waals surface area contributed by atoms with Crippen LogP contribution in [-0.2, 0) is 0 Å². The van der Waals surface area contributed by atoms with Crippen molar-refractivity contribution in [2.24, 2.45) is 0 Å². The van der Waals surface area contributed by atoms with Crippen LogP contribution >= 0.6 is 15.3 Å². The molecule has 0 aliphatic rings. The molecule has 0 saturated heterocycles. The summed E-state index contributed by atoms with van der Waals surface area (Å²) in [4.78, 5) is 0. The first-order valence-electron chi connectivity index (χ1n) is 8.81. The van der Waals surface area contributed by atoms with E-state index in [1.807, 2.05) is 0 Å². The molecule has 0 unspecified atom stereocenters. The summed E-state index contributed by atoms with van der Waals surface area (Å²) in [6.45, 7) is 6.09. The summed E-state index contributed by atoms with van der Waals surface area (Å²) in [6.07, 6.45) is 17.3. The summed E-state index contributed by atoms with van der Waals surface area (Å²) < 4.78 is 0. The molecule has 0 spiro atoms. The first kappa shape index (κ1) is 19.7. The molecule has 0 bridgehead atoms.